The molecule has 0 radical (unpaired) electrons. The van der Waals surface area contributed by atoms with Crippen molar-refractivity contribution in [2.75, 3.05) is 54.1 Å². The minimum Gasteiger partial charge on any atom is -0.495 e. The van der Waals surface area contributed by atoms with Crippen molar-refractivity contribution in [1.29, 1.82) is 0 Å². The molecule has 0 spiro atoms. The van der Waals surface area contributed by atoms with E-state index in [1.807, 2.05) is 30.9 Å². The zero-order chi connectivity index (χ0) is 26.4. The van der Waals surface area contributed by atoms with Gasteiger partial charge in [-0.2, -0.15) is 0 Å². The van der Waals surface area contributed by atoms with Gasteiger partial charge in [0.2, 0.25) is 5.91 Å². The number of rotatable bonds is 9. The van der Waals surface area contributed by atoms with Gasteiger partial charge in [-0.25, -0.2) is 8.42 Å². The number of thioether (sulfide) groups is 1. The third-order valence-electron chi connectivity index (χ3n) is 5.94. The highest BCUT2D eigenvalue weighted by atomic mass is 32.2. The van der Waals surface area contributed by atoms with E-state index in [2.05, 4.69) is 16.1 Å². The molecule has 1 fully saturated rings. The Kier molecular flexibility index (Phi) is 8.63. The van der Waals surface area contributed by atoms with Gasteiger partial charge in [0.05, 0.1) is 37.5 Å². The SMILES string of the molecule is COc1ccccc1NS(=O)(=O)c1cc(NC(=O)CSc2cc(C)ccc2C)ccc1N1CCOCC1. The quantitative estimate of drug-likeness (QED) is 0.380. The molecular weight excluding hydrogens is 510 g/mol. The number of nitrogens with one attached hydrogen (secondary N) is 2. The summed E-state index contributed by atoms with van der Waals surface area (Å²) in [5.74, 6) is 0.398. The van der Waals surface area contributed by atoms with Crippen molar-refractivity contribution in [2.45, 2.75) is 23.6 Å². The molecule has 1 aliphatic rings. The number of amides is 1. The molecule has 0 saturated carbocycles. The number of anilines is 3. The highest BCUT2D eigenvalue weighted by Gasteiger charge is 2.25. The first-order chi connectivity index (χ1) is 17.8. The average molecular weight is 542 g/mol. The molecule has 0 unspecified atom stereocenters. The van der Waals surface area contributed by atoms with E-state index in [0.29, 0.717) is 49.1 Å². The molecule has 8 nitrogen and oxygen atoms in total. The van der Waals surface area contributed by atoms with E-state index in [0.717, 1.165) is 16.0 Å². The molecule has 1 heterocycles. The summed E-state index contributed by atoms with van der Waals surface area (Å²) in [4.78, 5) is 15.9. The fourth-order valence-corrected chi connectivity index (χ4v) is 6.25. The Bertz CT molecular complexity index is 1370. The smallest absolute Gasteiger partial charge is 0.264 e. The maximum atomic E-state index is 13.6. The number of methoxy groups -OCH3 is 1. The zero-order valence-corrected chi connectivity index (χ0v) is 22.7. The number of ether oxygens (including phenoxy) is 2. The van der Waals surface area contributed by atoms with Gasteiger partial charge in [-0.3, -0.25) is 9.52 Å². The van der Waals surface area contributed by atoms with Crippen molar-refractivity contribution in [3.63, 3.8) is 0 Å². The van der Waals surface area contributed by atoms with E-state index in [1.54, 1.807) is 36.4 Å². The van der Waals surface area contributed by atoms with Gasteiger partial charge < -0.3 is 19.7 Å². The maximum absolute atomic E-state index is 13.6. The molecule has 10 heteroatoms. The van der Waals surface area contributed by atoms with E-state index in [1.165, 1.54) is 24.9 Å². The number of para-hydroxylation sites is 2. The van der Waals surface area contributed by atoms with E-state index >= 15 is 0 Å². The Balaban J connectivity index is 1.59. The molecule has 3 aromatic rings. The number of hydrogen-bond acceptors (Lipinski definition) is 7. The number of sulfonamides is 1. The van der Waals surface area contributed by atoms with Crippen LogP contribution in [0.25, 0.3) is 0 Å². The highest BCUT2D eigenvalue weighted by Crippen LogP contribution is 2.33. The molecule has 3 aromatic carbocycles. The molecule has 0 aliphatic carbocycles. The summed E-state index contributed by atoms with van der Waals surface area (Å²) < 4.78 is 40.6. The minimum absolute atomic E-state index is 0.0697. The predicted octanol–water partition coefficient (Wildman–Crippen LogP) is 4.68. The van der Waals surface area contributed by atoms with Crippen molar-refractivity contribution >= 4 is 44.8 Å². The topological polar surface area (TPSA) is 97.0 Å². The van der Waals surface area contributed by atoms with Gasteiger partial charge in [-0.1, -0.05) is 29.8 Å². The lowest BCUT2D eigenvalue weighted by atomic mass is 10.2. The van der Waals surface area contributed by atoms with Gasteiger partial charge in [0.15, 0.2) is 0 Å². The second kappa shape index (κ2) is 11.9. The number of aryl methyl sites for hydroxylation is 2. The van der Waals surface area contributed by atoms with Crippen molar-refractivity contribution in [3.05, 3.63) is 71.8 Å². The van der Waals surface area contributed by atoms with Gasteiger partial charge in [0, 0.05) is 23.7 Å². The molecule has 2 N–H and O–H groups in total. The highest BCUT2D eigenvalue weighted by molar-refractivity contribution is 8.00. The van der Waals surface area contributed by atoms with Crippen LogP contribution in [0.2, 0.25) is 0 Å². The van der Waals surface area contributed by atoms with Gasteiger partial charge in [-0.15, -0.1) is 11.8 Å². The van der Waals surface area contributed by atoms with Crippen LogP contribution in [0.4, 0.5) is 17.1 Å². The third-order valence-corrected chi connectivity index (χ3v) is 8.49. The summed E-state index contributed by atoms with van der Waals surface area (Å²) in [6.07, 6.45) is 0. The van der Waals surface area contributed by atoms with Crippen LogP contribution in [0.3, 0.4) is 0 Å². The molecule has 0 aromatic heterocycles. The molecular formula is C27H31N3O5S2. The number of nitrogens with zero attached hydrogens (tertiary/aromatic N) is 1. The number of benzene rings is 3. The Morgan fingerprint density at radius 2 is 1.81 bits per heavy atom. The predicted molar refractivity (Wildman–Crippen MR) is 149 cm³/mol. The standard InChI is InChI=1S/C27H31N3O5S2/c1-19-8-9-20(2)25(16-19)36-18-27(31)28-21-10-11-23(30-12-14-35-15-13-30)26(17-21)37(32,33)29-22-6-4-5-7-24(22)34-3/h4-11,16-17,29H,12-15,18H2,1-3H3,(H,28,31). The zero-order valence-electron chi connectivity index (χ0n) is 21.1. The van der Waals surface area contributed by atoms with E-state index in [4.69, 9.17) is 9.47 Å². The van der Waals surface area contributed by atoms with E-state index in [9.17, 15) is 13.2 Å². The van der Waals surface area contributed by atoms with Gasteiger partial charge in [-0.05, 0) is 55.8 Å². The Labute approximate surface area is 222 Å². The molecule has 0 bridgehead atoms. The fraction of sp³-hybridized carbons (Fsp3) is 0.296. The lowest BCUT2D eigenvalue weighted by molar-refractivity contribution is -0.113. The van der Waals surface area contributed by atoms with Crippen LogP contribution in [0.1, 0.15) is 11.1 Å². The average Bonchev–Trinajstić information content (AvgIpc) is 2.90. The second-order valence-corrected chi connectivity index (χ2v) is 11.4. The first-order valence-corrected chi connectivity index (χ1v) is 14.4. The number of carbonyl (C=O) groups excluding carboxylic acids is 1. The molecule has 196 valence electrons. The molecule has 0 atom stereocenters. The lowest BCUT2D eigenvalue weighted by Crippen LogP contribution is -2.37. The number of carbonyl (C=O) groups is 1. The largest absolute Gasteiger partial charge is 0.495 e. The molecule has 37 heavy (non-hydrogen) atoms. The number of hydrogen-bond donors (Lipinski definition) is 2. The lowest BCUT2D eigenvalue weighted by Gasteiger charge is -2.30. The van der Waals surface area contributed by atoms with Crippen LogP contribution in [-0.4, -0.2) is 53.5 Å². The Morgan fingerprint density at radius 3 is 2.57 bits per heavy atom. The summed E-state index contributed by atoms with van der Waals surface area (Å²) in [6.45, 7) is 6.17. The van der Waals surface area contributed by atoms with Gasteiger partial charge in [0.25, 0.3) is 10.0 Å². The van der Waals surface area contributed by atoms with E-state index in [-0.39, 0.29) is 16.6 Å². The Hall–Kier alpha value is -3.21. The van der Waals surface area contributed by atoms with Crippen molar-refractivity contribution in [1.82, 2.24) is 0 Å². The van der Waals surface area contributed by atoms with Crippen LogP contribution in [0.15, 0.2) is 70.5 Å². The minimum atomic E-state index is -4.02. The molecule has 4 rings (SSSR count). The fourth-order valence-electron chi connectivity index (χ4n) is 4.00. The summed E-state index contributed by atoms with van der Waals surface area (Å²) in [7, 11) is -2.53. The van der Waals surface area contributed by atoms with Crippen LogP contribution >= 0.6 is 11.8 Å². The summed E-state index contributed by atoms with van der Waals surface area (Å²) in [6, 6.07) is 17.9. The number of morpholine rings is 1. The van der Waals surface area contributed by atoms with Crippen molar-refractivity contribution in [3.8, 4) is 5.75 Å². The first kappa shape index (κ1) is 26.8. The summed E-state index contributed by atoms with van der Waals surface area (Å²) in [5, 5.41) is 2.86. The third kappa shape index (κ3) is 6.76. The first-order valence-electron chi connectivity index (χ1n) is 11.9. The Morgan fingerprint density at radius 1 is 1.05 bits per heavy atom. The van der Waals surface area contributed by atoms with Crippen LogP contribution in [0, 0.1) is 13.8 Å². The van der Waals surface area contributed by atoms with Crippen LogP contribution in [-0.2, 0) is 19.6 Å². The van der Waals surface area contributed by atoms with Crippen molar-refractivity contribution in [2.24, 2.45) is 0 Å². The van der Waals surface area contributed by atoms with Crippen LogP contribution in [0.5, 0.6) is 5.75 Å². The normalized spacial score (nSPS) is 13.8. The molecule has 1 aliphatic heterocycles. The van der Waals surface area contributed by atoms with Gasteiger partial charge >= 0.3 is 0 Å². The molecule has 1 amide bonds. The summed E-state index contributed by atoms with van der Waals surface area (Å²) >= 11 is 1.45. The second-order valence-electron chi connectivity index (χ2n) is 8.69. The summed E-state index contributed by atoms with van der Waals surface area (Å²) in [5.41, 5.74) is 3.52. The van der Waals surface area contributed by atoms with Gasteiger partial charge in [0.1, 0.15) is 10.6 Å². The maximum Gasteiger partial charge on any atom is 0.264 e. The molecule has 1 saturated heterocycles. The van der Waals surface area contributed by atoms with Crippen molar-refractivity contribution < 1.29 is 22.7 Å². The van der Waals surface area contributed by atoms with Crippen LogP contribution < -0.4 is 19.7 Å². The van der Waals surface area contributed by atoms with E-state index < -0.39 is 10.0 Å². The monoisotopic (exact) mass is 541 g/mol.